The predicted molar refractivity (Wildman–Crippen MR) is 112 cm³/mol. The minimum Gasteiger partial charge on any atom is -0.492 e. The van der Waals surface area contributed by atoms with Crippen LogP contribution in [0, 0.1) is 19.7 Å². The summed E-state index contributed by atoms with van der Waals surface area (Å²) < 4.78 is 53.4. The number of ether oxygens (including phenoxy) is 1. The Hall–Kier alpha value is -3.24. The highest BCUT2D eigenvalue weighted by atomic mass is 32.2. The highest BCUT2D eigenvalue weighted by molar-refractivity contribution is 7.89. The maximum atomic E-state index is 13.2. The third-order valence-corrected chi connectivity index (χ3v) is 6.54. The average Bonchev–Trinajstić information content (AvgIpc) is 3.29. The Balaban J connectivity index is 1.45. The summed E-state index contributed by atoms with van der Waals surface area (Å²) in [6.45, 7) is 4.96. The van der Waals surface area contributed by atoms with E-state index in [4.69, 9.17) is 9.26 Å². The Labute approximate surface area is 178 Å². The molecular formula is C21H21FN4O4S. The van der Waals surface area contributed by atoms with Crippen molar-refractivity contribution < 1.29 is 22.1 Å². The number of hydrogen-bond donors (Lipinski definition) is 1. The number of rotatable bonds is 7. The van der Waals surface area contributed by atoms with E-state index in [2.05, 4.69) is 15.0 Å². The van der Waals surface area contributed by atoms with Crippen LogP contribution in [0.25, 0.3) is 16.6 Å². The van der Waals surface area contributed by atoms with E-state index < -0.39 is 16.1 Å². The van der Waals surface area contributed by atoms with Crippen molar-refractivity contribution in [1.29, 1.82) is 0 Å². The Morgan fingerprint density at radius 2 is 1.94 bits per heavy atom. The third kappa shape index (κ3) is 4.30. The molecule has 4 rings (SSSR count). The lowest BCUT2D eigenvalue weighted by molar-refractivity contribution is 0.287. The van der Waals surface area contributed by atoms with Crippen molar-refractivity contribution in [3.63, 3.8) is 0 Å². The largest absolute Gasteiger partial charge is 0.492 e. The van der Waals surface area contributed by atoms with Crippen molar-refractivity contribution in [2.24, 2.45) is 0 Å². The van der Waals surface area contributed by atoms with Gasteiger partial charge >= 0.3 is 0 Å². The zero-order chi connectivity index (χ0) is 22.2. The third-order valence-electron chi connectivity index (χ3n) is 4.70. The Kier molecular flexibility index (Phi) is 5.50. The van der Waals surface area contributed by atoms with Crippen LogP contribution in [-0.4, -0.2) is 36.0 Å². The molecule has 0 saturated heterocycles. The molecule has 0 bridgehead atoms. The quantitative estimate of drug-likeness (QED) is 0.468. The van der Waals surface area contributed by atoms with E-state index in [1.807, 2.05) is 12.1 Å². The van der Waals surface area contributed by atoms with Crippen LogP contribution in [0.4, 0.5) is 4.39 Å². The molecule has 2 aromatic carbocycles. The minimum atomic E-state index is -3.77. The van der Waals surface area contributed by atoms with Crippen LogP contribution in [0.5, 0.6) is 5.75 Å². The number of hydrogen-bond acceptors (Lipinski definition) is 6. The average molecular weight is 444 g/mol. The molecule has 0 aliphatic heterocycles. The fraction of sp³-hybridized carbons (Fsp3) is 0.238. The van der Waals surface area contributed by atoms with Gasteiger partial charge in [0.05, 0.1) is 23.4 Å². The van der Waals surface area contributed by atoms with Gasteiger partial charge < -0.3 is 9.26 Å². The first-order valence-electron chi connectivity index (χ1n) is 9.56. The standard InChI is InChI=1S/C21H21FN4O4S/c1-13(25-31(27,28)21-14(2)24-30-15(21)3)12-29-19-8-9-20-16(10-19)11-23-26(20)18-6-4-17(22)5-7-18/h4-11,13,25H,12H2,1-3H3/t13-/m0/s1. The molecule has 0 amide bonds. The fourth-order valence-corrected chi connectivity index (χ4v) is 4.88. The number of nitrogens with one attached hydrogen (secondary N) is 1. The van der Waals surface area contributed by atoms with Gasteiger partial charge in [-0.1, -0.05) is 5.16 Å². The van der Waals surface area contributed by atoms with Gasteiger partial charge in [0.2, 0.25) is 10.0 Å². The molecule has 0 spiro atoms. The molecule has 0 radical (unpaired) electrons. The van der Waals surface area contributed by atoms with Gasteiger partial charge in [0.25, 0.3) is 0 Å². The molecule has 1 N–H and O–H groups in total. The second kappa shape index (κ2) is 8.12. The van der Waals surface area contributed by atoms with E-state index in [9.17, 15) is 12.8 Å². The number of sulfonamides is 1. The molecule has 31 heavy (non-hydrogen) atoms. The maximum absolute atomic E-state index is 13.2. The van der Waals surface area contributed by atoms with Crippen molar-refractivity contribution in [3.8, 4) is 11.4 Å². The lowest BCUT2D eigenvalue weighted by Crippen LogP contribution is -2.37. The smallest absolute Gasteiger partial charge is 0.246 e. The van der Waals surface area contributed by atoms with E-state index in [0.29, 0.717) is 11.4 Å². The first kappa shape index (κ1) is 21.0. The molecule has 4 aromatic rings. The molecular weight excluding hydrogens is 423 g/mol. The van der Waals surface area contributed by atoms with Crippen LogP contribution in [0.2, 0.25) is 0 Å². The maximum Gasteiger partial charge on any atom is 0.246 e. The van der Waals surface area contributed by atoms with E-state index in [-0.39, 0.29) is 23.1 Å². The van der Waals surface area contributed by atoms with Gasteiger partial charge in [-0.2, -0.15) is 5.10 Å². The molecule has 0 saturated carbocycles. The molecule has 162 valence electrons. The van der Waals surface area contributed by atoms with Crippen LogP contribution in [0.3, 0.4) is 0 Å². The summed E-state index contributed by atoms with van der Waals surface area (Å²) in [7, 11) is -3.77. The lowest BCUT2D eigenvalue weighted by atomic mass is 10.2. The van der Waals surface area contributed by atoms with Gasteiger partial charge in [-0.25, -0.2) is 22.2 Å². The molecule has 0 unspecified atom stereocenters. The predicted octanol–water partition coefficient (Wildman–Crippen LogP) is 3.52. The number of benzene rings is 2. The molecule has 8 nitrogen and oxygen atoms in total. The van der Waals surface area contributed by atoms with Crippen LogP contribution in [0.1, 0.15) is 18.4 Å². The van der Waals surface area contributed by atoms with Crippen molar-refractivity contribution in [2.45, 2.75) is 31.7 Å². The zero-order valence-electron chi connectivity index (χ0n) is 17.2. The normalized spacial score (nSPS) is 12.9. The summed E-state index contributed by atoms with van der Waals surface area (Å²) in [5.41, 5.74) is 1.89. The van der Waals surface area contributed by atoms with Crippen molar-refractivity contribution in [2.75, 3.05) is 6.61 Å². The van der Waals surface area contributed by atoms with Crippen molar-refractivity contribution in [3.05, 3.63) is 65.9 Å². The summed E-state index contributed by atoms with van der Waals surface area (Å²) in [6, 6.07) is 11.0. The molecule has 0 aliphatic carbocycles. The van der Waals surface area contributed by atoms with E-state index >= 15 is 0 Å². The van der Waals surface area contributed by atoms with Gasteiger partial charge in [0, 0.05) is 5.39 Å². The molecule has 2 heterocycles. The number of fused-ring (bicyclic) bond motifs is 1. The first-order valence-corrected chi connectivity index (χ1v) is 11.0. The van der Waals surface area contributed by atoms with Gasteiger partial charge in [-0.05, 0) is 63.2 Å². The number of halogens is 1. The van der Waals surface area contributed by atoms with Crippen LogP contribution < -0.4 is 9.46 Å². The molecule has 2 aromatic heterocycles. The Morgan fingerprint density at radius 1 is 1.19 bits per heavy atom. The first-order chi connectivity index (χ1) is 14.7. The Bertz CT molecular complexity index is 1310. The monoisotopic (exact) mass is 444 g/mol. The van der Waals surface area contributed by atoms with E-state index in [1.165, 1.54) is 12.1 Å². The van der Waals surface area contributed by atoms with Crippen LogP contribution in [-0.2, 0) is 10.0 Å². The zero-order valence-corrected chi connectivity index (χ0v) is 18.0. The number of aryl methyl sites for hydroxylation is 2. The van der Waals surface area contributed by atoms with Crippen LogP contribution in [0.15, 0.2) is 58.1 Å². The molecule has 1 atom stereocenters. The van der Waals surface area contributed by atoms with Gasteiger partial charge in [-0.15, -0.1) is 0 Å². The van der Waals surface area contributed by atoms with Gasteiger partial charge in [0.1, 0.15) is 28.8 Å². The summed E-state index contributed by atoms with van der Waals surface area (Å²) in [6.07, 6.45) is 1.69. The summed E-state index contributed by atoms with van der Waals surface area (Å²) in [4.78, 5) is 0.0500. The lowest BCUT2D eigenvalue weighted by Gasteiger charge is -2.15. The number of aromatic nitrogens is 3. The summed E-state index contributed by atoms with van der Waals surface area (Å²) >= 11 is 0. The fourth-order valence-electron chi connectivity index (χ4n) is 3.33. The SMILES string of the molecule is Cc1noc(C)c1S(=O)(=O)N[C@@H](C)COc1ccc2c(cnn2-c2ccc(F)cc2)c1. The molecule has 0 aliphatic rings. The van der Waals surface area contributed by atoms with Crippen LogP contribution >= 0.6 is 0 Å². The second-order valence-electron chi connectivity index (χ2n) is 7.24. The van der Waals surface area contributed by atoms with E-state index in [0.717, 1.165) is 16.6 Å². The Morgan fingerprint density at radius 3 is 2.61 bits per heavy atom. The van der Waals surface area contributed by atoms with Crippen molar-refractivity contribution in [1.82, 2.24) is 19.7 Å². The number of nitrogens with zero attached hydrogens (tertiary/aromatic N) is 3. The topological polar surface area (TPSA) is 99.2 Å². The highest BCUT2D eigenvalue weighted by Crippen LogP contribution is 2.24. The summed E-state index contributed by atoms with van der Waals surface area (Å²) in [5.74, 6) is 0.506. The molecule has 0 fully saturated rings. The second-order valence-corrected chi connectivity index (χ2v) is 8.89. The van der Waals surface area contributed by atoms with Gasteiger partial charge in [0.15, 0.2) is 5.76 Å². The van der Waals surface area contributed by atoms with Gasteiger partial charge in [-0.3, -0.25) is 0 Å². The molecule has 10 heteroatoms. The minimum absolute atomic E-state index is 0.0500. The highest BCUT2D eigenvalue weighted by Gasteiger charge is 2.26. The van der Waals surface area contributed by atoms with E-state index in [1.54, 1.807) is 49.8 Å². The summed E-state index contributed by atoms with van der Waals surface area (Å²) in [5, 5.41) is 8.88. The van der Waals surface area contributed by atoms with Crippen molar-refractivity contribution >= 4 is 20.9 Å².